The third-order valence-electron chi connectivity index (χ3n) is 3.10. The molecule has 1 N–H and O–H groups in total. The van der Waals surface area contributed by atoms with Gasteiger partial charge in [-0.05, 0) is 5.56 Å². The van der Waals surface area contributed by atoms with Crippen LogP contribution in [0.1, 0.15) is 16.7 Å². The molecule has 2 heteroatoms. The highest BCUT2D eigenvalue weighted by Gasteiger charge is 2.16. The number of nitrogens with one attached hydrogen (secondary N) is 1. The predicted octanol–water partition coefficient (Wildman–Crippen LogP) is 3.21. The van der Waals surface area contributed by atoms with E-state index in [1.54, 1.807) is 0 Å². The molecule has 0 saturated heterocycles. The van der Waals surface area contributed by atoms with Crippen LogP contribution in [0.15, 0.2) is 66.3 Å². The highest BCUT2D eigenvalue weighted by atomic mass is 15.3. The molecular formula is C16H14N2. The Morgan fingerprint density at radius 2 is 1.56 bits per heavy atom. The zero-order valence-corrected chi connectivity index (χ0v) is 10.1. The van der Waals surface area contributed by atoms with Gasteiger partial charge in [0.2, 0.25) is 0 Å². The van der Waals surface area contributed by atoms with E-state index in [0.29, 0.717) is 0 Å². The summed E-state index contributed by atoms with van der Waals surface area (Å²) in [5.41, 5.74) is 8.50. The molecule has 2 nitrogen and oxygen atoms in total. The predicted molar refractivity (Wildman–Crippen MR) is 75.3 cm³/mol. The molecule has 0 amide bonds. The number of hydrogen-bond donors (Lipinski definition) is 1. The van der Waals surface area contributed by atoms with E-state index >= 15 is 0 Å². The fourth-order valence-electron chi connectivity index (χ4n) is 2.18. The third kappa shape index (κ3) is 1.93. The van der Waals surface area contributed by atoms with Crippen molar-refractivity contribution in [1.82, 2.24) is 5.43 Å². The number of nitrogens with zero attached hydrogens (tertiary/aromatic N) is 1. The van der Waals surface area contributed by atoms with Gasteiger partial charge in [-0.3, -0.25) is 5.43 Å². The van der Waals surface area contributed by atoms with Crippen LogP contribution >= 0.6 is 0 Å². The smallest absolute Gasteiger partial charge is 0.0729 e. The Bertz CT molecular complexity index is 612. The first-order valence-electron chi connectivity index (χ1n) is 6.00. The van der Waals surface area contributed by atoms with Gasteiger partial charge >= 0.3 is 0 Å². The normalized spacial score (nSPS) is 13.6. The molecule has 0 spiro atoms. The lowest BCUT2D eigenvalue weighted by Gasteiger charge is -2.19. The van der Waals surface area contributed by atoms with Crippen LogP contribution in [0.25, 0.3) is 5.70 Å². The van der Waals surface area contributed by atoms with Crippen molar-refractivity contribution in [2.45, 2.75) is 6.42 Å². The van der Waals surface area contributed by atoms with Crippen LogP contribution in [-0.4, -0.2) is 5.71 Å². The lowest BCUT2D eigenvalue weighted by Crippen LogP contribution is -2.20. The fourth-order valence-corrected chi connectivity index (χ4v) is 2.18. The second-order valence-corrected chi connectivity index (χ2v) is 4.36. The lowest BCUT2D eigenvalue weighted by atomic mass is 9.95. The number of hydrazone groups is 1. The van der Waals surface area contributed by atoms with Crippen LogP contribution in [0.4, 0.5) is 0 Å². The molecule has 0 saturated carbocycles. The minimum absolute atomic E-state index is 0.831. The maximum absolute atomic E-state index is 4.41. The van der Waals surface area contributed by atoms with Crippen molar-refractivity contribution < 1.29 is 0 Å². The quantitative estimate of drug-likeness (QED) is 0.847. The monoisotopic (exact) mass is 234 g/mol. The zero-order valence-electron chi connectivity index (χ0n) is 10.1. The van der Waals surface area contributed by atoms with E-state index in [1.165, 1.54) is 11.1 Å². The van der Waals surface area contributed by atoms with Crippen molar-refractivity contribution in [3.05, 3.63) is 77.9 Å². The molecule has 0 bridgehead atoms. The molecule has 0 radical (unpaired) electrons. The number of fused-ring (bicyclic) bond motifs is 1. The Kier molecular flexibility index (Phi) is 2.69. The number of rotatable bonds is 2. The number of benzene rings is 2. The zero-order chi connectivity index (χ0) is 12.4. The van der Waals surface area contributed by atoms with Crippen molar-refractivity contribution in [1.29, 1.82) is 0 Å². The van der Waals surface area contributed by atoms with Crippen LogP contribution in [0.5, 0.6) is 0 Å². The fraction of sp³-hybridized carbons (Fsp3) is 0.0625. The molecule has 0 fully saturated rings. The van der Waals surface area contributed by atoms with Gasteiger partial charge in [-0.15, -0.1) is 0 Å². The summed E-state index contributed by atoms with van der Waals surface area (Å²) in [7, 11) is 0. The molecule has 0 aliphatic carbocycles. The summed E-state index contributed by atoms with van der Waals surface area (Å²) in [5, 5.41) is 4.41. The van der Waals surface area contributed by atoms with Gasteiger partial charge in [0.1, 0.15) is 0 Å². The highest BCUT2D eigenvalue weighted by Crippen LogP contribution is 2.22. The molecule has 88 valence electrons. The maximum Gasteiger partial charge on any atom is 0.0729 e. The maximum atomic E-state index is 4.41. The average Bonchev–Trinajstić information content (AvgIpc) is 2.44. The molecule has 0 unspecified atom stereocenters. The standard InChI is InChI=1S/C16H14N2/c1-12-14-9-5-6-10-15(14)16(18-17-12)11-13-7-3-2-4-8-13/h2-10,17H,1,11H2. The van der Waals surface area contributed by atoms with Gasteiger partial charge in [-0.2, -0.15) is 5.10 Å². The molecular weight excluding hydrogens is 220 g/mol. The summed E-state index contributed by atoms with van der Waals surface area (Å²) < 4.78 is 0. The van der Waals surface area contributed by atoms with Crippen molar-refractivity contribution in [2.24, 2.45) is 5.10 Å². The molecule has 18 heavy (non-hydrogen) atoms. The second-order valence-electron chi connectivity index (χ2n) is 4.36. The second kappa shape index (κ2) is 4.49. The highest BCUT2D eigenvalue weighted by molar-refractivity contribution is 6.06. The van der Waals surface area contributed by atoms with E-state index in [4.69, 9.17) is 0 Å². The lowest BCUT2D eigenvalue weighted by molar-refractivity contribution is 0.965. The van der Waals surface area contributed by atoms with Crippen molar-refractivity contribution in [3.8, 4) is 0 Å². The summed E-state index contributed by atoms with van der Waals surface area (Å²) >= 11 is 0. The molecule has 0 aromatic heterocycles. The van der Waals surface area contributed by atoms with Crippen molar-refractivity contribution in [2.75, 3.05) is 0 Å². The van der Waals surface area contributed by atoms with Crippen molar-refractivity contribution >= 4 is 11.4 Å². The van der Waals surface area contributed by atoms with E-state index in [-0.39, 0.29) is 0 Å². The largest absolute Gasteiger partial charge is 0.278 e. The third-order valence-corrected chi connectivity index (χ3v) is 3.10. The first-order chi connectivity index (χ1) is 8.84. The van der Waals surface area contributed by atoms with Crippen molar-refractivity contribution in [3.63, 3.8) is 0 Å². The topological polar surface area (TPSA) is 24.4 Å². The SMILES string of the molecule is C=C1NN=C(Cc2ccccc2)c2ccccc21. The first-order valence-corrected chi connectivity index (χ1v) is 6.00. The Morgan fingerprint density at radius 3 is 2.33 bits per heavy atom. The van der Waals surface area contributed by atoms with E-state index in [9.17, 15) is 0 Å². The minimum atomic E-state index is 0.831. The minimum Gasteiger partial charge on any atom is -0.278 e. The molecule has 3 rings (SSSR count). The van der Waals surface area contributed by atoms with E-state index < -0.39 is 0 Å². The first kappa shape index (κ1) is 10.8. The summed E-state index contributed by atoms with van der Waals surface area (Å²) in [6, 6.07) is 18.6. The van der Waals surface area contributed by atoms with Crippen LogP contribution in [0, 0.1) is 0 Å². The van der Waals surface area contributed by atoms with Crippen LogP contribution < -0.4 is 5.43 Å². The molecule has 0 atom stereocenters. The molecule has 1 aliphatic heterocycles. The Labute approximate surface area is 107 Å². The molecule has 1 aliphatic rings. The molecule has 2 aromatic rings. The van der Waals surface area contributed by atoms with Gasteiger partial charge in [0.25, 0.3) is 0 Å². The van der Waals surface area contributed by atoms with Gasteiger partial charge in [0, 0.05) is 17.5 Å². The van der Waals surface area contributed by atoms with Crippen LogP contribution in [0.2, 0.25) is 0 Å². The molecule has 1 heterocycles. The summed E-state index contributed by atoms with van der Waals surface area (Å²) in [6.45, 7) is 3.98. The van der Waals surface area contributed by atoms with Crippen LogP contribution in [0.3, 0.4) is 0 Å². The summed E-state index contributed by atoms with van der Waals surface area (Å²) in [5.74, 6) is 0. The van der Waals surface area contributed by atoms with Gasteiger partial charge in [0.15, 0.2) is 0 Å². The van der Waals surface area contributed by atoms with Gasteiger partial charge in [-0.1, -0.05) is 61.2 Å². The Morgan fingerprint density at radius 1 is 0.889 bits per heavy atom. The summed E-state index contributed by atoms with van der Waals surface area (Å²) in [6.07, 6.45) is 0.831. The van der Waals surface area contributed by atoms with Crippen LogP contribution in [-0.2, 0) is 6.42 Å². The van der Waals surface area contributed by atoms with E-state index in [2.05, 4.69) is 53.5 Å². The van der Waals surface area contributed by atoms with Gasteiger partial charge in [-0.25, -0.2) is 0 Å². The van der Waals surface area contributed by atoms with E-state index in [1.807, 2.05) is 18.2 Å². The Balaban J connectivity index is 1.97. The van der Waals surface area contributed by atoms with Gasteiger partial charge in [0.05, 0.1) is 11.4 Å². The van der Waals surface area contributed by atoms with Gasteiger partial charge < -0.3 is 0 Å². The van der Waals surface area contributed by atoms with E-state index in [0.717, 1.165) is 23.4 Å². The number of hydrogen-bond acceptors (Lipinski definition) is 2. The Hall–Kier alpha value is -2.35. The average molecular weight is 234 g/mol. The summed E-state index contributed by atoms with van der Waals surface area (Å²) in [4.78, 5) is 0. The molecule has 2 aromatic carbocycles.